The Morgan fingerprint density at radius 2 is 1.83 bits per heavy atom. The topological polar surface area (TPSA) is 132 Å². The van der Waals surface area contributed by atoms with E-state index in [1.807, 2.05) is 52.5 Å². The lowest BCUT2D eigenvalue weighted by atomic mass is 10.0. The van der Waals surface area contributed by atoms with Gasteiger partial charge in [0.25, 0.3) is 0 Å². The molecule has 1 fully saturated rings. The number of halogens is 1. The molecule has 13 nitrogen and oxygen atoms in total. The molecule has 4 aromatic heterocycles. The van der Waals surface area contributed by atoms with Crippen LogP contribution >= 0.6 is 0 Å². The van der Waals surface area contributed by atoms with Gasteiger partial charge in [0.2, 0.25) is 5.88 Å². The molecule has 1 saturated heterocycles. The third-order valence-electron chi connectivity index (χ3n) is 10.8. The summed E-state index contributed by atoms with van der Waals surface area (Å²) in [6.07, 6.45) is 2.30. The van der Waals surface area contributed by atoms with E-state index in [1.54, 1.807) is 10.7 Å². The van der Waals surface area contributed by atoms with Crippen molar-refractivity contribution >= 4 is 36.1 Å². The van der Waals surface area contributed by atoms with Gasteiger partial charge in [-0.25, -0.2) is 18.5 Å². The fourth-order valence-electron chi connectivity index (χ4n) is 6.93. The molecule has 0 bridgehead atoms. The second kappa shape index (κ2) is 15.2. The number of nitrogens with one attached hydrogen (secondary N) is 1. The first-order valence-corrected chi connectivity index (χ1v) is 21.7. The number of benzene rings is 1. The molecule has 15 heteroatoms. The maximum atomic E-state index is 16.4. The number of nitrogens with zero attached hydrogens (tertiary/aromatic N) is 7. The van der Waals surface area contributed by atoms with Gasteiger partial charge in [0.05, 0.1) is 47.9 Å². The van der Waals surface area contributed by atoms with Crippen LogP contribution in [0.2, 0.25) is 18.1 Å². The molecule has 0 amide bonds. The number of aromatic nitrogens is 7. The molecule has 0 saturated carbocycles. The summed E-state index contributed by atoms with van der Waals surface area (Å²) in [5.41, 5.74) is 4.92. The first-order chi connectivity index (χ1) is 25.5. The molecule has 3 atom stereocenters. The summed E-state index contributed by atoms with van der Waals surface area (Å²) < 4.78 is 45.9. The van der Waals surface area contributed by atoms with Crippen LogP contribution in [0.3, 0.4) is 0 Å². The van der Waals surface area contributed by atoms with Crippen LogP contribution in [0.1, 0.15) is 88.0 Å². The summed E-state index contributed by atoms with van der Waals surface area (Å²) >= 11 is 0. The zero-order valence-corrected chi connectivity index (χ0v) is 34.8. The molecule has 1 aliphatic heterocycles. The van der Waals surface area contributed by atoms with E-state index in [2.05, 4.69) is 49.4 Å². The van der Waals surface area contributed by atoms with Gasteiger partial charge >= 0.3 is 5.97 Å². The molecule has 5 heterocycles. The van der Waals surface area contributed by atoms with E-state index in [0.29, 0.717) is 48.0 Å². The van der Waals surface area contributed by atoms with Gasteiger partial charge in [-0.05, 0) is 90.3 Å². The molecular formula is C39H55FN8O5Si. The Kier molecular flexibility index (Phi) is 11.1. The predicted molar refractivity (Wildman–Crippen MR) is 210 cm³/mol. The summed E-state index contributed by atoms with van der Waals surface area (Å²) in [5, 5.41) is 18.7. The maximum absolute atomic E-state index is 16.4. The highest BCUT2D eigenvalue weighted by Gasteiger charge is 2.38. The van der Waals surface area contributed by atoms with Crippen LogP contribution in [-0.4, -0.2) is 88.6 Å². The molecule has 5 aromatic rings. The van der Waals surface area contributed by atoms with Gasteiger partial charge in [-0.3, -0.25) is 9.67 Å². The van der Waals surface area contributed by atoms with E-state index in [-0.39, 0.29) is 34.6 Å². The second-order valence-electron chi connectivity index (χ2n) is 16.0. The van der Waals surface area contributed by atoms with Crippen LogP contribution in [0.15, 0.2) is 18.2 Å². The molecule has 6 rings (SSSR count). The first-order valence-electron chi connectivity index (χ1n) is 18.8. The highest BCUT2D eigenvalue weighted by atomic mass is 28.4. The normalized spacial score (nSPS) is 16.6. The Morgan fingerprint density at radius 1 is 1.09 bits per heavy atom. The number of aryl methyl sites for hydroxylation is 3. The highest BCUT2D eigenvalue weighted by Crippen LogP contribution is 2.41. The van der Waals surface area contributed by atoms with Gasteiger partial charge in [-0.15, -0.1) is 0 Å². The van der Waals surface area contributed by atoms with E-state index < -0.39 is 20.1 Å². The number of pyridine rings is 1. The Hall–Kier alpha value is -4.18. The number of fused-ring (bicyclic) bond motifs is 2. The molecule has 1 unspecified atom stereocenters. The summed E-state index contributed by atoms with van der Waals surface area (Å²) in [6, 6.07) is 4.81. The standard InChI is InChI=1S/C39H55FN8O5Si/c1-22(21-52-54(11,12)39(5,6)7)47-36(38(49)50-10)27-17-26(18-29(40)34(27)45-47)33-28-19-30(32-24(3)43-46(9)37(32)53-23(2)20-41-8)42-25(4)35(28)48(44-33)31-15-13-14-16-51-31/h17-19,22-23,31,41H,13-16,20-21H2,1-12H3/t22-,23-,31?/m0/s1. The average molecular weight is 763 g/mol. The maximum Gasteiger partial charge on any atom is 0.356 e. The van der Waals surface area contributed by atoms with Crippen LogP contribution in [0.5, 0.6) is 5.88 Å². The summed E-state index contributed by atoms with van der Waals surface area (Å²) in [4.78, 5) is 18.6. The number of carbonyl (C=O) groups excluding carboxylic acids is 1. The van der Waals surface area contributed by atoms with Crippen LogP contribution in [-0.2, 0) is 20.9 Å². The van der Waals surface area contributed by atoms with Crippen molar-refractivity contribution < 1.29 is 27.8 Å². The molecule has 54 heavy (non-hydrogen) atoms. The van der Waals surface area contributed by atoms with Crippen molar-refractivity contribution in [1.29, 1.82) is 0 Å². The zero-order chi connectivity index (χ0) is 39.3. The Labute approximate surface area is 317 Å². The predicted octanol–water partition coefficient (Wildman–Crippen LogP) is 7.66. The van der Waals surface area contributed by atoms with Gasteiger partial charge in [0.15, 0.2) is 26.1 Å². The Morgan fingerprint density at radius 3 is 2.48 bits per heavy atom. The summed E-state index contributed by atoms with van der Waals surface area (Å²) in [5.74, 6) is -0.599. The fourth-order valence-corrected chi connectivity index (χ4v) is 8.03. The van der Waals surface area contributed by atoms with Crippen molar-refractivity contribution in [2.24, 2.45) is 7.05 Å². The number of rotatable bonds is 12. The Balaban J connectivity index is 1.54. The Bertz CT molecular complexity index is 2180. The van der Waals surface area contributed by atoms with Gasteiger partial charge in [0.1, 0.15) is 17.3 Å². The largest absolute Gasteiger partial charge is 0.473 e. The quantitative estimate of drug-likeness (QED) is 0.0998. The first kappa shape index (κ1) is 39.5. The monoisotopic (exact) mass is 762 g/mol. The number of hydrogen-bond donors (Lipinski definition) is 1. The number of hydrogen-bond acceptors (Lipinski definition) is 10. The van der Waals surface area contributed by atoms with Gasteiger partial charge in [0, 0.05) is 36.5 Å². The fraction of sp³-hybridized carbons (Fsp3) is 0.564. The van der Waals surface area contributed by atoms with Crippen LogP contribution in [0.25, 0.3) is 44.3 Å². The lowest BCUT2D eigenvalue weighted by Crippen LogP contribution is -2.42. The van der Waals surface area contributed by atoms with Crippen molar-refractivity contribution in [3.05, 3.63) is 41.1 Å². The number of methoxy groups -OCH3 is 1. The van der Waals surface area contributed by atoms with E-state index >= 15 is 4.39 Å². The highest BCUT2D eigenvalue weighted by molar-refractivity contribution is 6.74. The van der Waals surface area contributed by atoms with Crippen molar-refractivity contribution in [3.8, 4) is 28.4 Å². The lowest BCUT2D eigenvalue weighted by Gasteiger charge is -2.37. The average Bonchev–Trinajstić information content (AvgIpc) is 3.78. The summed E-state index contributed by atoms with van der Waals surface area (Å²) in [7, 11) is 2.93. The molecule has 1 N–H and O–H groups in total. The SMILES string of the molecule is CNC[C@H](C)Oc1c(-c2cc3c(-c4cc(F)c5nn([C@@H](C)CO[Si](C)(C)C(C)(C)C)c(C(=O)OC)c5c4)nn(C4CCCCO4)c3c(C)n2)c(C)nn1C. The van der Waals surface area contributed by atoms with E-state index in [4.69, 9.17) is 28.7 Å². The van der Waals surface area contributed by atoms with Gasteiger partial charge in [-0.1, -0.05) is 20.8 Å². The van der Waals surface area contributed by atoms with Gasteiger partial charge < -0.3 is 24.0 Å². The van der Waals surface area contributed by atoms with Crippen LogP contribution in [0.4, 0.5) is 4.39 Å². The third-order valence-corrected chi connectivity index (χ3v) is 15.3. The number of likely N-dealkylation sites (N-methyl/N-ethyl adjacent to an activating group) is 1. The van der Waals surface area contributed by atoms with Crippen molar-refractivity contribution in [3.63, 3.8) is 0 Å². The number of ether oxygens (including phenoxy) is 3. The van der Waals surface area contributed by atoms with E-state index in [9.17, 15) is 4.79 Å². The summed E-state index contributed by atoms with van der Waals surface area (Å²) in [6.45, 7) is 20.2. The zero-order valence-electron chi connectivity index (χ0n) is 33.8. The third kappa shape index (κ3) is 7.30. The molecule has 0 aliphatic carbocycles. The van der Waals surface area contributed by atoms with Crippen molar-refractivity contribution in [2.45, 2.75) is 104 Å². The van der Waals surface area contributed by atoms with E-state index in [0.717, 1.165) is 47.1 Å². The smallest absolute Gasteiger partial charge is 0.356 e. The number of esters is 1. The molecular weight excluding hydrogens is 708 g/mol. The van der Waals surface area contributed by atoms with Crippen molar-refractivity contribution in [1.82, 2.24) is 39.6 Å². The minimum atomic E-state index is -2.12. The molecule has 0 radical (unpaired) electrons. The van der Waals surface area contributed by atoms with Crippen LogP contribution in [0, 0.1) is 19.7 Å². The van der Waals surface area contributed by atoms with Crippen LogP contribution < -0.4 is 10.1 Å². The van der Waals surface area contributed by atoms with Gasteiger partial charge in [-0.2, -0.15) is 15.3 Å². The minimum absolute atomic E-state index is 0.00834. The molecule has 0 spiro atoms. The van der Waals surface area contributed by atoms with Crippen molar-refractivity contribution in [2.75, 3.05) is 33.9 Å². The van der Waals surface area contributed by atoms with E-state index in [1.165, 1.54) is 17.9 Å². The molecule has 292 valence electrons. The molecule has 1 aromatic carbocycles. The number of carbonyl (C=O) groups is 1. The minimum Gasteiger partial charge on any atom is -0.473 e. The second-order valence-corrected chi connectivity index (χ2v) is 20.8. The lowest BCUT2D eigenvalue weighted by molar-refractivity contribution is -0.0366. The molecule has 1 aliphatic rings.